The van der Waals surface area contributed by atoms with E-state index in [2.05, 4.69) is 29.1 Å². The number of nitrogens with zero attached hydrogens (tertiary/aromatic N) is 1. The molecule has 0 unspecified atom stereocenters. The summed E-state index contributed by atoms with van der Waals surface area (Å²) in [5.74, 6) is 0.572. The number of aromatic nitrogens is 2. The Morgan fingerprint density at radius 1 is 1.30 bits per heavy atom. The highest BCUT2D eigenvalue weighted by atomic mass is 32.1. The molecule has 1 aliphatic rings. The van der Waals surface area contributed by atoms with Gasteiger partial charge in [-0.1, -0.05) is 26.7 Å². The van der Waals surface area contributed by atoms with Crippen molar-refractivity contribution < 1.29 is 14.3 Å². The van der Waals surface area contributed by atoms with Gasteiger partial charge in [0.2, 0.25) is 0 Å². The van der Waals surface area contributed by atoms with Crippen molar-refractivity contribution in [3.8, 4) is 0 Å². The molecule has 146 valence electrons. The number of hydrogen-bond donors (Lipinski definition) is 2. The molecule has 0 bridgehead atoms. The van der Waals surface area contributed by atoms with E-state index in [0.29, 0.717) is 38.3 Å². The first-order valence-electron chi connectivity index (χ1n) is 9.24. The zero-order chi connectivity index (χ0) is 19.7. The Labute approximate surface area is 161 Å². The number of carbonyl (C=O) groups is 2. The van der Waals surface area contributed by atoms with Crippen molar-refractivity contribution >= 4 is 33.4 Å². The second kappa shape index (κ2) is 7.80. The van der Waals surface area contributed by atoms with Gasteiger partial charge in [0.05, 0.1) is 5.39 Å². The zero-order valence-electron chi connectivity index (χ0n) is 16.0. The Kier molecular flexibility index (Phi) is 5.64. The third-order valence-electron chi connectivity index (χ3n) is 5.49. The van der Waals surface area contributed by atoms with E-state index in [4.69, 9.17) is 4.74 Å². The van der Waals surface area contributed by atoms with Gasteiger partial charge in [-0.2, -0.15) is 0 Å². The van der Waals surface area contributed by atoms with Gasteiger partial charge in [-0.25, -0.2) is 9.78 Å². The van der Waals surface area contributed by atoms with E-state index < -0.39 is 5.97 Å². The summed E-state index contributed by atoms with van der Waals surface area (Å²) < 4.78 is 5.19. The van der Waals surface area contributed by atoms with Crippen molar-refractivity contribution in [2.75, 3.05) is 6.61 Å². The van der Waals surface area contributed by atoms with Gasteiger partial charge >= 0.3 is 5.97 Å². The van der Waals surface area contributed by atoms with Crippen molar-refractivity contribution in [3.05, 3.63) is 26.6 Å². The Morgan fingerprint density at radius 2 is 2.04 bits per heavy atom. The molecule has 0 radical (unpaired) electrons. The van der Waals surface area contributed by atoms with Gasteiger partial charge in [0, 0.05) is 6.04 Å². The van der Waals surface area contributed by atoms with Crippen molar-refractivity contribution in [1.29, 1.82) is 0 Å². The number of hydrogen-bond acceptors (Lipinski definition) is 6. The Morgan fingerprint density at radius 3 is 2.78 bits per heavy atom. The Hall–Kier alpha value is -2.22. The fourth-order valence-electron chi connectivity index (χ4n) is 3.68. The van der Waals surface area contributed by atoms with Crippen LogP contribution in [0.3, 0.4) is 0 Å². The third kappa shape index (κ3) is 4.05. The summed E-state index contributed by atoms with van der Waals surface area (Å²) in [5, 5.41) is 3.38. The number of amides is 1. The molecule has 2 aromatic rings. The number of aryl methyl sites for hydroxylation is 2. The standard InChI is InChI=1S/C19H25N3O4S/c1-9-6-5-7-13(10(9)2)22-14(23)8-26-19(25)16-11(3)15-17(24)20-12(4)21-18(15)27-16/h9-10,13H,5-8H2,1-4H3,(H,22,23)(H,20,21,24)/t9-,10-,13-/m0/s1. The summed E-state index contributed by atoms with van der Waals surface area (Å²) in [6, 6.07) is 0.122. The van der Waals surface area contributed by atoms with Crippen LogP contribution >= 0.6 is 11.3 Å². The van der Waals surface area contributed by atoms with Gasteiger partial charge in [-0.15, -0.1) is 11.3 Å². The molecule has 27 heavy (non-hydrogen) atoms. The van der Waals surface area contributed by atoms with Crippen molar-refractivity contribution in [1.82, 2.24) is 15.3 Å². The summed E-state index contributed by atoms with van der Waals surface area (Å²) in [6.07, 6.45) is 3.23. The number of aromatic amines is 1. The average molecular weight is 391 g/mol. The predicted molar refractivity (Wildman–Crippen MR) is 104 cm³/mol. The number of carbonyl (C=O) groups excluding carboxylic acids is 2. The Balaban J connectivity index is 1.65. The minimum absolute atomic E-state index is 0.122. The van der Waals surface area contributed by atoms with Crippen LogP contribution < -0.4 is 10.9 Å². The second-order valence-corrected chi connectivity index (χ2v) is 8.40. The molecule has 1 saturated carbocycles. The lowest BCUT2D eigenvalue weighted by molar-refractivity contribution is -0.125. The van der Waals surface area contributed by atoms with Gasteiger partial charge in [0.15, 0.2) is 6.61 Å². The van der Waals surface area contributed by atoms with Crippen LogP contribution in [0.2, 0.25) is 0 Å². The van der Waals surface area contributed by atoms with E-state index in [1.807, 2.05) is 0 Å². The molecular weight excluding hydrogens is 366 g/mol. The number of thiophene rings is 1. The Bertz CT molecular complexity index is 933. The van der Waals surface area contributed by atoms with E-state index in [9.17, 15) is 14.4 Å². The molecule has 0 saturated heterocycles. The summed E-state index contributed by atoms with van der Waals surface area (Å²) in [4.78, 5) is 44.4. The number of rotatable bonds is 4. The van der Waals surface area contributed by atoms with E-state index in [1.54, 1.807) is 13.8 Å². The number of ether oxygens (including phenoxy) is 1. The smallest absolute Gasteiger partial charge is 0.349 e. The highest BCUT2D eigenvalue weighted by Crippen LogP contribution is 2.30. The fraction of sp³-hybridized carbons (Fsp3) is 0.579. The highest BCUT2D eigenvalue weighted by molar-refractivity contribution is 7.20. The molecule has 1 amide bonds. The fourth-order valence-corrected chi connectivity index (χ4v) is 4.80. The average Bonchev–Trinajstić information content (AvgIpc) is 2.93. The molecular formula is C19H25N3O4S. The second-order valence-electron chi connectivity index (χ2n) is 7.41. The van der Waals surface area contributed by atoms with Crippen LogP contribution in [0.25, 0.3) is 10.2 Å². The molecule has 3 atom stereocenters. The van der Waals surface area contributed by atoms with Crippen LogP contribution in [0.5, 0.6) is 0 Å². The lowest BCUT2D eigenvalue weighted by atomic mass is 9.78. The molecule has 1 aliphatic carbocycles. The maximum atomic E-state index is 12.4. The number of H-pyrrole nitrogens is 1. The number of nitrogens with one attached hydrogen (secondary N) is 2. The van der Waals surface area contributed by atoms with Crippen LogP contribution in [0.4, 0.5) is 0 Å². The quantitative estimate of drug-likeness (QED) is 0.781. The van der Waals surface area contributed by atoms with Gasteiger partial charge in [-0.05, 0) is 37.7 Å². The first-order valence-corrected chi connectivity index (χ1v) is 10.1. The summed E-state index contributed by atoms with van der Waals surface area (Å²) in [5.41, 5.74) is 0.257. The summed E-state index contributed by atoms with van der Waals surface area (Å²) in [7, 11) is 0. The molecule has 1 fully saturated rings. The topological polar surface area (TPSA) is 101 Å². The van der Waals surface area contributed by atoms with Gasteiger partial charge in [0.1, 0.15) is 15.5 Å². The van der Waals surface area contributed by atoms with Gasteiger partial charge in [-0.3, -0.25) is 9.59 Å². The predicted octanol–water partition coefficient (Wildman–Crippen LogP) is 2.70. The molecule has 2 N–H and O–H groups in total. The number of fused-ring (bicyclic) bond motifs is 1. The van der Waals surface area contributed by atoms with Crippen LogP contribution in [-0.4, -0.2) is 34.5 Å². The SMILES string of the molecule is Cc1nc2sc(C(=O)OCC(=O)N[C@H]3CCC[C@H](C)[C@@H]3C)c(C)c2c(=O)[nH]1. The van der Waals surface area contributed by atoms with Crippen LogP contribution in [-0.2, 0) is 9.53 Å². The first-order chi connectivity index (χ1) is 12.8. The zero-order valence-corrected chi connectivity index (χ0v) is 16.9. The minimum atomic E-state index is -0.604. The first kappa shape index (κ1) is 19.5. The third-order valence-corrected chi connectivity index (χ3v) is 6.66. The van der Waals surface area contributed by atoms with Crippen LogP contribution in [0.15, 0.2) is 4.79 Å². The molecule has 7 nitrogen and oxygen atoms in total. The summed E-state index contributed by atoms with van der Waals surface area (Å²) >= 11 is 1.11. The van der Waals surface area contributed by atoms with Gasteiger partial charge in [0.25, 0.3) is 11.5 Å². The lowest BCUT2D eigenvalue weighted by Crippen LogP contribution is -2.45. The molecule has 0 aromatic carbocycles. The minimum Gasteiger partial charge on any atom is -0.451 e. The number of esters is 1. The van der Waals surface area contributed by atoms with Crippen molar-refractivity contribution in [3.63, 3.8) is 0 Å². The maximum Gasteiger partial charge on any atom is 0.349 e. The molecule has 0 aliphatic heterocycles. The van der Waals surface area contributed by atoms with E-state index in [1.165, 1.54) is 6.42 Å². The molecule has 2 heterocycles. The van der Waals surface area contributed by atoms with E-state index in [-0.39, 0.29) is 24.1 Å². The molecule has 3 rings (SSSR count). The van der Waals surface area contributed by atoms with Gasteiger partial charge < -0.3 is 15.0 Å². The van der Waals surface area contributed by atoms with Crippen LogP contribution in [0.1, 0.15) is 54.2 Å². The highest BCUT2D eigenvalue weighted by Gasteiger charge is 2.28. The molecule has 0 spiro atoms. The largest absolute Gasteiger partial charge is 0.451 e. The monoisotopic (exact) mass is 391 g/mol. The molecule has 2 aromatic heterocycles. The normalized spacial score (nSPS) is 22.6. The molecule has 8 heteroatoms. The maximum absolute atomic E-state index is 12.4. The van der Waals surface area contributed by atoms with E-state index >= 15 is 0 Å². The van der Waals surface area contributed by atoms with Crippen molar-refractivity contribution in [2.24, 2.45) is 11.8 Å². The summed E-state index contributed by atoms with van der Waals surface area (Å²) in [6.45, 7) is 7.39. The lowest BCUT2D eigenvalue weighted by Gasteiger charge is -2.34. The van der Waals surface area contributed by atoms with E-state index in [0.717, 1.165) is 24.2 Å². The van der Waals surface area contributed by atoms with Crippen molar-refractivity contribution in [2.45, 2.75) is 53.0 Å². The van der Waals surface area contributed by atoms with Crippen LogP contribution in [0, 0.1) is 25.7 Å².